The molecule has 0 atom stereocenters. The van der Waals surface area contributed by atoms with Gasteiger partial charge >= 0.3 is 5.56 Å². The summed E-state index contributed by atoms with van der Waals surface area (Å²) in [6.45, 7) is 1.50. The standard InChI is InChI=1S/C12H9N7O5S2/c1-6-9(16-15-7-2-4-8(5-3-7)19(21)22)10(20)18-11(14-6)25-12(17-18)26(13,23)24/h2-5H,1H3,(H2,13,23,24). The number of nitro benzene ring substituents is 1. The smallest absolute Gasteiger partial charge is 0.265 e. The minimum absolute atomic E-state index is 0.0470. The molecule has 12 nitrogen and oxygen atoms in total. The van der Waals surface area contributed by atoms with Crippen LogP contribution in [0, 0.1) is 17.0 Å². The van der Waals surface area contributed by atoms with Crippen molar-refractivity contribution in [3.05, 3.63) is 50.4 Å². The minimum atomic E-state index is -4.07. The molecule has 2 heterocycles. The Balaban J connectivity index is 2.04. The summed E-state index contributed by atoms with van der Waals surface area (Å²) in [5.41, 5.74) is -0.481. The van der Waals surface area contributed by atoms with Crippen LogP contribution in [0.3, 0.4) is 0 Å². The lowest BCUT2D eigenvalue weighted by molar-refractivity contribution is -0.384. The van der Waals surface area contributed by atoms with E-state index in [2.05, 4.69) is 20.3 Å². The second-order valence-corrected chi connectivity index (χ2v) is 7.62. The Bertz CT molecular complexity index is 1210. The number of hydrogen-bond donors (Lipinski definition) is 1. The van der Waals surface area contributed by atoms with Gasteiger partial charge in [-0.05, 0) is 19.1 Å². The zero-order chi connectivity index (χ0) is 19.1. The van der Waals surface area contributed by atoms with Crippen LogP contribution in [0.25, 0.3) is 4.96 Å². The molecule has 0 bridgehead atoms. The van der Waals surface area contributed by atoms with Crippen LogP contribution in [-0.4, -0.2) is 27.9 Å². The van der Waals surface area contributed by atoms with E-state index >= 15 is 0 Å². The first kappa shape index (κ1) is 17.7. The van der Waals surface area contributed by atoms with Crippen LogP contribution in [0.15, 0.2) is 43.6 Å². The summed E-state index contributed by atoms with van der Waals surface area (Å²) in [5.74, 6) is 0. The predicted molar refractivity (Wildman–Crippen MR) is 90.5 cm³/mol. The van der Waals surface area contributed by atoms with Gasteiger partial charge in [0.1, 0.15) is 0 Å². The van der Waals surface area contributed by atoms with E-state index < -0.39 is 24.8 Å². The highest BCUT2D eigenvalue weighted by atomic mass is 32.2. The molecule has 0 radical (unpaired) electrons. The van der Waals surface area contributed by atoms with Crippen molar-refractivity contribution in [2.45, 2.75) is 11.3 Å². The van der Waals surface area contributed by atoms with Crippen LogP contribution in [-0.2, 0) is 10.0 Å². The molecule has 0 unspecified atom stereocenters. The monoisotopic (exact) mass is 395 g/mol. The molecule has 0 aliphatic heterocycles. The van der Waals surface area contributed by atoms with E-state index in [9.17, 15) is 23.3 Å². The summed E-state index contributed by atoms with van der Waals surface area (Å²) in [4.78, 5) is 26.6. The van der Waals surface area contributed by atoms with Gasteiger partial charge in [0.15, 0.2) is 5.69 Å². The van der Waals surface area contributed by atoms with E-state index in [1.165, 1.54) is 31.2 Å². The molecule has 3 rings (SSSR count). The molecule has 0 saturated carbocycles. The van der Waals surface area contributed by atoms with E-state index in [-0.39, 0.29) is 27.7 Å². The normalized spacial score (nSPS) is 12.1. The third kappa shape index (κ3) is 3.32. The summed E-state index contributed by atoms with van der Waals surface area (Å²) < 4.78 is 23.1. The number of nitrogens with zero attached hydrogens (tertiary/aromatic N) is 6. The van der Waals surface area contributed by atoms with Gasteiger partial charge in [-0.1, -0.05) is 11.3 Å². The van der Waals surface area contributed by atoms with Crippen LogP contribution in [0.2, 0.25) is 0 Å². The van der Waals surface area contributed by atoms with Crippen LogP contribution in [0.1, 0.15) is 5.69 Å². The van der Waals surface area contributed by atoms with Gasteiger partial charge in [0.2, 0.25) is 9.30 Å². The number of aromatic nitrogens is 3. The Morgan fingerprint density at radius 3 is 2.50 bits per heavy atom. The van der Waals surface area contributed by atoms with Crippen molar-refractivity contribution in [3.8, 4) is 0 Å². The molecule has 134 valence electrons. The number of azo groups is 1. The van der Waals surface area contributed by atoms with Gasteiger partial charge in [-0.3, -0.25) is 14.9 Å². The van der Waals surface area contributed by atoms with E-state index in [1.54, 1.807) is 0 Å². The molecule has 0 fully saturated rings. The second kappa shape index (κ2) is 6.32. The topological polar surface area (TPSA) is 175 Å². The van der Waals surface area contributed by atoms with E-state index in [1.807, 2.05) is 0 Å². The molecular weight excluding hydrogens is 386 g/mol. The highest BCUT2D eigenvalue weighted by molar-refractivity contribution is 7.91. The molecule has 0 amide bonds. The third-order valence-electron chi connectivity index (χ3n) is 3.11. The number of aryl methyl sites for hydroxylation is 1. The number of nitrogens with two attached hydrogens (primary N) is 1. The fourth-order valence-corrected chi connectivity index (χ4v) is 3.45. The van der Waals surface area contributed by atoms with Crippen molar-refractivity contribution in [1.29, 1.82) is 0 Å². The molecule has 1 aromatic carbocycles. The maximum Gasteiger partial charge on any atom is 0.303 e. The van der Waals surface area contributed by atoms with Gasteiger partial charge in [-0.25, -0.2) is 18.5 Å². The molecule has 3 aromatic rings. The van der Waals surface area contributed by atoms with Crippen molar-refractivity contribution in [3.63, 3.8) is 0 Å². The Morgan fingerprint density at radius 1 is 1.27 bits per heavy atom. The van der Waals surface area contributed by atoms with Crippen LogP contribution in [0.4, 0.5) is 17.1 Å². The fraction of sp³-hybridized carbons (Fsp3) is 0.0833. The Labute approximate surface area is 148 Å². The molecule has 0 spiro atoms. The summed E-state index contributed by atoms with van der Waals surface area (Å²) in [7, 11) is -4.07. The molecule has 0 aliphatic rings. The number of sulfonamides is 1. The summed E-state index contributed by atoms with van der Waals surface area (Å²) in [6.07, 6.45) is 0. The van der Waals surface area contributed by atoms with Crippen molar-refractivity contribution >= 4 is 43.4 Å². The lowest BCUT2D eigenvalue weighted by atomic mass is 10.3. The molecule has 14 heteroatoms. The Morgan fingerprint density at radius 2 is 1.92 bits per heavy atom. The number of rotatable bonds is 4. The molecule has 26 heavy (non-hydrogen) atoms. The summed E-state index contributed by atoms with van der Waals surface area (Å²) in [6, 6.07) is 5.22. The number of primary sulfonamides is 1. The number of fused-ring (bicyclic) bond motifs is 1. The first-order chi connectivity index (χ1) is 12.2. The largest absolute Gasteiger partial charge is 0.303 e. The fourth-order valence-electron chi connectivity index (χ4n) is 1.90. The predicted octanol–water partition coefficient (Wildman–Crippen LogP) is 1.43. The quantitative estimate of drug-likeness (QED) is 0.394. The van der Waals surface area contributed by atoms with Crippen molar-refractivity contribution in [1.82, 2.24) is 14.6 Å². The van der Waals surface area contributed by atoms with E-state index in [0.29, 0.717) is 11.3 Å². The molecule has 0 aliphatic carbocycles. The zero-order valence-electron chi connectivity index (χ0n) is 12.9. The Hall–Kier alpha value is -3.10. The van der Waals surface area contributed by atoms with E-state index in [0.717, 1.165) is 4.52 Å². The third-order valence-corrected chi connectivity index (χ3v) is 5.33. The summed E-state index contributed by atoms with van der Waals surface area (Å²) >= 11 is 0.652. The first-order valence-corrected chi connectivity index (χ1v) is 9.12. The van der Waals surface area contributed by atoms with Gasteiger partial charge in [0, 0.05) is 12.1 Å². The lowest BCUT2D eigenvalue weighted by Gasteiger charge is -1.98. The number of hydrogen-bond acceptors (Lipinski definition) is 10. The molecule has 0 saturated heterocycles. The van der Waals surface area contributed by atoms with Crippen LogP contribution < -0.4 is 10.7 Å². The van der Waals surface area contributed by atoms with Gasteiger partial charge < -0.3 is 0 Å². The molecular formula is C12H9N7O5S2. The van der Waals surface area contributed by atoms with Crippen LogP contribution >= 0.6 is 11.3 Å². The molecule has 2 N–H and O–H groups in total. The van der Waals surface area contributed by atoms with Crippen LogP contribution in [0.5, 0.6) is 0 Å². The Kier molecular flexibility index (Phi) is 4.31. The van der Waals surface area contributed by atoms with Crippen molar-refractivity contribution < 1.29 is 13.3 Å². The summed E-state index contributed by atoms with van der Waals surface area (Å²) in [5, 5.41) is 26.9. The maximum atomic E-state index is 12.4. The maximum absolute atomic E-state index is 12.4. The van der Waals surface area contributed by atoms with Crippen molar-refractivity contribution in [2.75, 3.05) is 0 Å². The lowest BCUT2D eigenvalue weighted by Crippen LogP contribution is -2.17. The van der Waals surface area contributed by atoms with Gasteiger partial charge in [-0.15, -0.1) is 10.2 Å². The number of benzene rings is 1. The minimum Gasteiger partial charge on any atom is -0.265 e. The zero-order valence-corrected chi connectivity index (χ0v) is 14.6. The second-order valence-electron chi connectivity index (χ2n) is 4.93. The highest BCUT2D eigenvalue weighted by Gasteiger charge is 2.19. The average molecular weight is 395 g/mol. The van der Waals surface area contributed by atoms with Gasteiger partial charge in [0.05, 0.1) is 16.3 Å². The van der Waals surface area contributed by atoms with Crippen molar-refractivity contribution in [2.24, 2.45) is 15.4 Å². The van der Waals surface area contributed by atoms with Gasteiger partial charge in [0.25, 0.3) is 15.7 Å². The highest BCUT2D eigenvalue weighted by Crippen LogP contribution is 2.22. The number of nitro groups is 1. The number of non-ortho nitro benzene ring substituents is 1. The molecule has 2 aromatic heterocycles. The van der Waals surface area contributed by atoms with Gasteiger partial charge in [-0.2, -0.15) is 9.63 Å². The first-order valence-electron chi connectivity index (χ1n) is 6.76. The van der Waals surface area contributed by atoms with E-state index in [4.69, 9.17) is 5.14 Å². The SMILES string of the molecule is Cc1nc2sc(S(N)(=O)=O)nn2c(=O)c1N=Nc1ccc([N+](=O)[O-])cc1. The average Bonchev–Trinajstić information content (AvgIpc) is 2.99.